The molecule has 0 saturated carbocycles. The number of hydrogen-bond donors (Lipinski definition) is 11. The van der Waals surface area contributed by atoms with Gasteiger partial charge in [0.1, 0.15) is 54.2 Å². The van der Waals surface area contributed by atoms with Gasteiger partial charge in [-0.15, -0.1) is 0 Å². The van der Waals surface area contributed by atoms with Gasteiger partial charge in [-0.2, -0.15) is 4.31 Å². The number of ether oxygens (including phenoxy) is 1. The Kier molecular flexibility index (Phi) is 16.2. The number of amides is 2. The molecule has 0 radical (unpaired) electrons. The second kappa shape index (κ2) is 19.1. The highest BCUT2D eigenvalue weighted by molar-refractivity contribution is 8.13. The number of Topliss-reactive ketones (excluding diaryl/α,β-unsaturated/α-hetero) is 1. The Morgan fingerprint density at radius 3 is 2.41 bits per heavy atom. The molecule has 3 rings (SSSR count). The lowest BCUT2D eigenvalue weighted by atomic mass is 9.87. The number of nitrogens with two attached hydrogens (primary N) is 1. The number of nitrogens with zero attached hydrogens (tertiary/aromatic N) is 2. The molecule has 0 aromatic rings. The molecule has 12 N–H and O–H groups in total. The number of nitrogens with one attached hydrogen (secondary N) is 4. The molecule has 0 aromatic carbocycles. The molecular weight excluding hydrogens is 811 g/mol. The summed E-state index contributed by atoms with van der Waals surface area (Å²) in [6.45, 7) is 1.69. The van der Waals surface area contributed by atoms with Crippen LogP contribution in [0.4, 0.5) is 0 Å². The first-order valence-corrected chi connectivity index (χ1v) is 21.3. The molecule has 0 aromatic heterocycles. The van der Waals surface area contributed by atoms with E-state index in [0.29, 0.717) is 11.5 Å². The third-order valence-electron chi connectivity index (χ3n) is 7.51. The number of ketones is 1. The van der Waals surface area contributed by atoms with Crippen molar-refractivity contribution in [2.24, 2.45) is 16.1 Å². The Morgan fingerprint density at radius 2 is 1.76 bits per heavy atom. The third-order valence-corrected chi connectivity index (χ3v) is 11.5. The second-order valence-electron chi connectivity index (χ2n) is 12.5. The standard InChI is InChI=1S/C25H44N7O18P3S/c1-13(33)8-16(35)54-7-6-27-15(34)4-5-28-23(38)20(37)25(2,3)10-47-53(44,45)50-52(42,43)46-9-14-19(49-51(39,40)41)18(36)24(48-14)32-12-31-17-21(26)29-11-30-22(17)32/h14,18-20,24,30-31,36-37H,4-12H2,1-3H3,(H2,26,29)(H,27,34)(H,28,38)(H,42,43)(H,44,45)(H2,39,40,41)/t14-,18-,19-,20+,24-/m1/s1. The minimum absolute atomic E-state index is 0.0298. The number of phosphoric ester groups is 3. The minimum Gasteiger partial charge on any atom is -0.386 e. The lowest BCUT2D eigenvalue weighted by Crippen LogP contribution is -2.46. The summed E-state index contributed by atoms with van der Waals surface area (Å²) in [6.07, 6.45) is -9.05. The van der Waals surface area contributed by atoms with E-state index in [2.05, 4.69) is 35.1 Å². The van der Waals surface area contributed by atoms with Crippen LogP contribution < -0.4 is 27.0 Å². The zero-order chi connectivity index (χ0) is 40.6. The first-order valence-electron chi connectivity index (χ1n) is 15.8. The summed E-state index contributed by atoms with van der Waals surface area (Å²) in [7, 11) is -16.3. The van der Waals surface area contributed by atoms with Gasteiger partial charge in [0.25, 0.3) is 0 Å². The number of thioether (sulfide) groups is 1. The largest absolute Gasteiger partial charge is 0.481 e. The predicted octanol–water partition coefficient (Wildman–Crippen LogP) is -3.00. The summed E-state index contributed by atoms with van der Waals surface area (Å²) in [5.41, 5.74) is 4.58. The Balaban J connectivity index is 1.49. The van der Waals surface area contributed by atoms with Crippen molar-refractivity contribution in [1.29, 1.82) is 0 Å². The van der Waals surface area contributed by atoms with E-state index >= 15 is 0 Å². The van der Waals surface area contributed by atoms with Crippen LogP contribution in [0.15, 0.2) is 16.5 Å². The molecule has 0 aliphatic carbocycles. The summed E-state index contributed by atoms with van der Waals surface area (Å²) in [5, 5.41) is 31.7. The van der Waals surface area contributed by atoms with Gasteiger partial charge in [0.05, 0.1) is 26.3 Å². The van der Waals surface area contributed by atoms with Crippen molar-refractivity contribution >= 4 is 63.8 Å². The summed E-state index contributed by atoms with van der Waals surface area (Å²) < 4.78 is 61.0. The normalized spacial score (nSPS) is 24.3. The number of phosphoric acid groups is 3. The highest BCUT2D eigenvalue weighted by atomic mass is 32.2. The van der Waals surface area contributed by atoms with Gasteiger partial charge in [0, 0.05) is 30.7 Å². The van der Waals surface area contributed by atoms with Gasteiger partial charge in [-0.05, 0) is 6.92 Å². The zero-order valence-electron chi connectivity index (χ0n) is 29.1. The first kappa shape index (κ1) is 45.9. The smallest absolute Gasteiger partial charge is 0.386 e. The molecule has 0 bridgehead atoms. The Bertz CT molecular complexity index is 1630. The van der Waals surface area contributed by atoms with E-state index in [-0.39, 0.29) is 61.8 Å². The first-order chi connectivity index (χ1) is 24.9. The van der Waals surface area contributed by atoms with Crippen molar-refractivity contribution in [3.63, 3.8) is 0 Å². The molecule has 3 aliphatic rings. The number of carbonyl (C=O) groups excluding carboxylic acids is 4. The van der Waals surface area contributed by atoms with Crippen LogP contribution in [0.25, 0.3) is 0 Å². The molecule has 7 atom stereocenters. The van der Waals surface area contributed by atoms with Gasteiger partial charge in [0.15, 0.2) is 11.3 Å². The van der Waals surface area contributed by atoms with Crippen molar-refractivity contribution in [1.82, 2.24) is 26.2 Å². The maximum Gasteiger partial charge on any atom is 0.481 e. The van der Waals surface area contributed by atoms with Crippen LogP contribution in [-0.2, 0) is 55.5 Å². The van der Waals surface area contributed by atoms with E-state index < -0.39 is 84.6 Å². The Hall–Kier alpha value is -2.51. The molecule has 2 amide bonds. The molecule has 2 unspecified atom stereocenters. The van der Waals surface area contributed by atoms with Gasteiger partial charge in [-0.3, -0.25) is 32.7 Å². The van der Waals surface area contributed by atoms with E-state index in [1.165, 1.54) is 25.7 Å². The van der Waals surface area contributed by atoms with Crippen molar-refractivity contribution in [2.75, 3.05) is 45.4 Å². The molecule has 3 aliphatic heterocycles. The third kappa shape index (κ3) is 13.9. The monoisotopic (exact) mass is 855 g/mol. The molecule has 29 heteroatoms. The maximum absolute atomic E-state index is 12.7. The van der Waals surface area contributed by atoms with E-state index in [9.17, 15) is 62.7 Å². The Labute approximate surface area is 312 Å². The summed E-state index contributed by atoms with van der Waals surface area (Å²) in [6, 6.07) is 0. The molecular formula is C25H44N7O18P3S. The number of aliphatic imine (C=N–C) groups is 1. The SMILES string of the molecule is CC(=O)CC(=O)SCCNC(=O)CCNC(=O)[C@H](O)C(C)(C)COP(=O)(O)OP(=O)(O)OC[C@H]1O[C@@H](N2CNC3=C2NCN=C3N)[C@H](O)[C@@H]1OP(=O)(O)O. The predicted molar refractivity (Wildman–Crippen MR) is 184 cm³/mol. The number of amidine groups is 1. The van der Waals surface area contributed by atoms with Crippen molar-refractivity contribution < 1.29 is 85.3 Å². The minimum atomic E-state index is -5.55. The van der Waals surface area contributed by atoms with Gasteiger partial charge >= 0.3 is 23.5 Å². The zero-order valence-corrected chi connectivity index (χ0v) is 32.6. The highest BCUT2D eigenvalue weighted by Crippen LogP contribution is 2.61. The number of aliphatic hydroxyl groups excluding tert-OH is 2. The average Bonchev–Trinajstić information content (AvgIpc) is 3.60. The lowest BCUT2D eigenvalue weighted by molar-refractivity contribution is -0.137. The van der Waals surface area contributed by atoms with E-state index in [0.717, 1.165) is 11.8 Å². The van der Waals surface area contributed by atoms with Crippen LogP contribution in [0.3, 0.4) is 0 Å². The Morgan fingerprint density at radius 1 is 1.09 bits per heavy atom. The second-order valence-corrected chi connectivity index (χ2v) is 17.9. The molecule has 308 valence electrons. The average molecular weight is 856 g/mol. The van der Waals surface area contributed by atoms with E-state index in [1.54, 1.807) is 0 Å². The highest BCUT2D eigenvalue weighted by Gasteiger charge is 2.52. The maximum atomic E-state index is 12.7. The summed E-state index contributed by atoms with van der Waals surface area (Å²) >= 11 is 0.881. The van der Waals surface area contributed by atoms with Crippen LogP contribution in [0, 0.1) is 5.41 Å². The number of carbonyl (C=O) groups is 4. The van der Waals surface area contributed by atoms with Gasteiger partial charge in [0.2, 0.25) is 11.8 Å². The molecule has 1 fully saturated rings. The molecule has 1 saturated heterocycles. The van der Waals surface area contributed by atoms with Crippen LogP contribution in [0.5, 0.6) is 0 Å². The van der Waals surface area contributed by atoms with Crippen molar-refractivity contribution in [2.45, 2.75) is 64.3 Å². The molecule has 25 nitrogen and oxygen atoms in total. The van der Waals surface area contributed by atoms with Crippen molar-refractivity contribution in [3.05, 3.63) is 11.5 Å². The fraction of sp³-hybridized carbons (Fsp3) is 0.720. The molecule has 54 heavy (non-hydrogen) atoms. The number of hydrogen-bond acceptors (Lipinski definition) is 20. The van der Waals surface area contributed by atoms with Gasteiger partial charge in [-0.1, -0.05) is 25.6 Å². The quantitative estimate of drug-likeness (QED) is 0.0311. The fourth-order valence-electron chi connectivity index (χ4n) is 4.89. The van der Waals surface area contributed by atoms with Crippen molar-refractivity contribution in [3.8, 4) is 0 Å². The van der Waals surface area contributed by atoms with Crippen LogP contribution >= 0.6 is 35.2 Å². The molecule has 0 spiro atoms. The molecule has 3 heterocycles. The van der Waals surface area contributed by atoms with Crippen LogP contribution in [0.2, 0.25) is 0 Å². The van der Waals surface area contributed by atoms with Crippen LogP contribution in [-0.4, -0.2) is 139 Å². The van der Waals surface area contributed by atoms with Crippen LogP contribution in [0.1, 0.15) is 33.6 Å². The summed E-state index contributed by atoms with van der Waals surface area (Å²) in [4.78, 5) is 91.4. The van der Waals surface area contributed by atoms with Gasteiger partial charge < -0.3 is 66.4 Å². The van der Waals surface area contributed by atoms with E-state index in [1.807, 2.05) is 0 Å². The van der Waals surface area contributed by atoms with Gasteiger partial charge in [-0.25, -0.2) is 18.7 Å². The van der Waals surface area contributed by atoms with E-state index in [4.69, 9.17) is 19.5 Å². The number of aliphatic hydroxyl groups is 2. The fourth-order valence-corrected chi connectivity index (χ4v) is 8.46. The topological polar surface area (TPSA) is 377 Å². The summed E-state index contributed by atoms with van der Waals surface area (Å²) in [5.74, 6) is -1.10. The lowest BCUT2D eigenvalue weighted by Gasteiger charge is -2.30. The number of rotatable bonds is 21.